The van der Waals surface area contributed by atoms with Crippen LogP contribution < -0.4 is 5.73 Å². The molecule has 107 valence electrons. The van der Waals surface area contributed by atoms with Crippen LogP contribution in [0.3, 0.4) is 0 Å². The predicted molar refractivity (Wildman–Crippen MR) is 86.4 cm³/mol. The second-order valence-corrected chi connectivity index (χ2v) is 9.54. The van der Waals surface area contributed by atoms with Gasteiger partial charge < -0.3 is 10.8 Å². The van der Waals surface area contributed by atoms with E-state index in [4.69, 9.17) is 17.3 Å². The summed E-state index contributed by atoms with van der Waals surface area (Å²) >= 11 is 6.33. The van der Waals surface area contributed by atoms with Crippen LogP contribution in [0.5, 0.6) is 0 Å². The Bertz CT molecular complexity index is 446. The molecule has 1 aromatic rings. The Morgan fingerprint density at radius 2 is 1.95 bits per heavy atom. The highest BCUT2D eigenvalue weighted by Gasteiger charge is 2.32. The first-order chi connectivity index (χ1) is 8.69. The van der Waals surface area contributed by atoms with Crippen molar-refractivity contribution in [1.82, 2.24) is 0 Å². The van der Waals surface area contributed by atoms with Gasteiger partial charge in [-0.15, -0.1) is 0 Å². The number of hydrogen-bond donors (Lipinski definition) is 2. The van der Waals surface area contributed by atoms with Gasteiger partial charge in [-0.05, 0) is 47.6 Å². The maximum atomic E-state index is 9.65. The van der Waals surface area contributed by atoms with Gasteiger partial charge in [0.2, 0.25) is 0 Å². The highest BCUT2D eigenvalue weighted by molar-refractivity contribution is 6.57. The van der Waals surface area contributed by atoms with Crippen LogP contribution in [0.2, 0.25) is 23.7 Å². The molecule has 0 bridgehead atoms. The molecule has 1 atom stereocenters. The summed E-state index contributed by atoms with van der Waals surface area (Å²) < 4.78 is 0. The summed E-state index contributed by atoms with van der Waals surface area (Å²) in [6.07, 6.45) is 0.845. The van der Waals surface area contributed by atoms with E-state index in [1.165, 1.54) is 0 Å². The quantitative estimate of drug-likeness (QED) is 0.639. The van der Waals surface area contributed by atoms with E-state index in [2.05, 4.69) is 26.9 Å². The number of aliphatic hydroxyl groups excluding tert-OH is 1. The van der Waals surface area contributed by atoms with Crippen molar-refractivity contribution in [3.05, 3.63) is 28.3 Å². The van der Waals surface area contributed by atoms with Gasteiger partial charge in [0.25, 0.3) is 0 Å². The Kier molecular flexibility index (Phi) is 5.48. The van der Waals surface area contributed by atoms with Crippen molar-refractivity contribution in [1.29, 1.82) is 0 Å². The summed E-state index contributed by atoms with van der Waals surface area (Å²) in [4.78, 5) is 0. The van der Waals surface area contributed by atoms with Crippen molar-refractivity contribution in [3.63, 3.8) is 0 Å². The van der Waals surface area contributed by atoms with Crippen molar-refractivity contribution in [2.45, 2.75) is 45.8 Å². The van der Waals surface area contributed by atoms with Crippen LogP contribution in [0.4, 0.5) is 5.69 Å². The summed E-state index contributed by atoms with van der Waals surface area (Å²) in [6.45, 7) is 11.1. The minimum Gasteiger partial charge on any atom is -0.399 e. The topological polar surface area (TPSA) is 46.2 Å². The van der Waals surface area contributed by atoms with Gasteiger partial charge in [-0.25, -0.2) is 0 Å². The molecule has 0 amide bonds. The fourth-order valence-electron chi connectivity index (χ4n) is 2.70. The number of nitrogens with two attached hydrogens (primary N) is 1. The van der Waals surface area contributed by atoms with Gasteiger partial charge in [0.15, 0.2) is 0 Å². The second-order valence-electron chi connectivity index (χ2n) is 6.28. The molecule has 0 aliphatic heterocycles. The monoisotopic (exact) mass is 298 g/mol. The average molecular weight is 299 g/mol. The van der Waals surface area contributed by atoms with Crippen LogP contribution >= 0.6 is 11.6 Å². The molecule has 2 nitrogen and oxygen atoms in total. The fourth-order valence-corrected chi connectivity index (χ4v) is 5.01. The molecule has 0 aliphatic carbocycles. The zero-order valence-electron chi connectivity index (χ0n) is 12.5. The molecule has 0 fully saturated rings. The van der Waals surface area contributed by atoms with E-state index < -0.39 is 8.80 Å². The van der Waals surface area contributed by atoms with E-state index >= 15 is 0 Å². The van der Waals surface area contributed by atoms with Crippen LogP contribution in [-0.4, -0.2) is 20.5 Å². The summed E-state index contributed by atoms with van der Waals surface area (Å²) in [6, 6.07) is 3.91. The number of aryl methyl sites for hydroxylation is 1. The maximum absolute atomic E-state index is 9.65. The number of nitrogen functional groups attached to an aromatic ring is 1. The van der Waals surface area contributed by atoms with Crippen LogP contribution in [-0.2, 0) is 6.42 Å². The number of benzene rings is 1. The normalized spacial score (nSPS) is 13.9. The molecular formula is C15H25ClNOSi. The lowest BCUT2D eigenvalue weighted by Crippen LogP contribution is -2.33. The van der Waals surface area contributed by atoms with Crippen LogP contribution in [0.15, 0.2) is 12.1 Å². The van der Waals surface area contributed by atoms with Gasteiger partial charge in [0, 0.05) is 26.1 Å². The molecule has 0 aliphatic rings. The molecule has 3 N–H and O–H groups in total. The third kappa shape index (κ3) is 3.97. The van der Waals surface area contributed by atoms with Gasteiger partial charge >= 0.3 is 0 Å². The van der Waals surface area contributed by atoms with Crippen LogP contribution in [0.25, 0.3) is 0 Å². The first-order valence-electron chi connectivity index (χ1n) is 6.64. The number of halogens is 1. The molecule has 1 unspecified atom stereocenters. The third-order valence-corrected chi connectivity index (χ3v) is 6.61. The van der Waals surface area contributed by atoms with E-state index in [0.29, 0.717) is 5.54 Å². The number of rotatable bonds is 5. The molecule has 1 radical (unpaired) electrons. The van der Waals surface area contributed by atoms with Gasteiger partial charge in [-0.3, -0.25) is 0 Å². The summed E-state index contributed by atoms with van der Waals surface area (Å²) in [7, 11) is -0.555. The molecular weight excluding hydrogens is 274 g/mol. The van der Waals surface area contributed by atoms with Gasteiger partial charge in [-0.2, -0.15) is 0 Å². The first kappa shape index (κ1) is 16.5. The summed E-state index contributed by atoms with van der Waals surface area (Å²) in [5, 5.41) is 10.4. The van der Waals surface area contributed by atoms with Crippen molar-refractivity contribution in [3.8, 4) is 0 Å². The highest BCUT2D eigenvalue weighted by Crippen LogP contribution is 2.39. The lowest BCUT2D eigenvalue weighted by molar-refractivity contribution is 0.208. The van der Waals surface area contributed by atoms with E-state index in [-0.39, 0.29) is 12.0 Å². The Morgan fingerprint density at radius 1 is 1.37 bits per heavy atom. The Balaban J connectivity index is 3.04. The Hall–Kier alpha value is -0.513. The van der Waals surface area contributed by atoms with Crippen molar-refractivity contribution in [2.24, 2.45) is 5.41 Å². The Labute approximate surface area is 123 Å². The molecule has 0 saturated carbocycles. The van der Waals surface area contributed by atoms with Crippen molar-refractivity contribution in [2.75, 3.05) is 12.3 Å². The lowest BCUT2D eigenvalue weighted by atomic mass is 9.82. The molecule has 1 rings (SSSR count). The average Bonchev–Trinajstić information content (AvgIpc) is 2.25. The molecule has 1 aromatic carbocycles. The minimum absolute atomic E-state index is 0.0257. The molecule has 0 aromatic heterocycles. The first-order valence-corrected chi connectivity index (χ1v) is 9.60. The standard InChI is InChI=1S/C15H25ClNOSi/c1-10-6-12(16)11(7-13(10)17)8-15(2,3)14(9-18)19(4)5/h6-7,14,18H,8-9,17H2,1-5H3. The molecule has 0 saturated heterocycles. The third-order valence-electron chi connectivity index (χ3n) is 3.90. The lowest BCUT2D eigenvalue weighted by Gasteiger charge is -2.36. The van der Waals surface area contributed by atoms with Gasteiger partial charge in [0.1, 0.15) is 0 Å². The molecule has 19 heavy (non-hydrogen) atoms. The van der Waals surface area contributed by atoms with E-state index in [1.807, 2.05) is 19.1 Å². The smallest absolute Gasteiger partial charge is 0.0480 e. The van der Waals surface area contributed by atoms with Gasteiger partial charge in [0.05, 0.1) is 0 Å². The number of anilines is 1. The highest BCUT2D eigenvalue weighted by atomic mass is 35.5. The van der Waals surface area contributed by atoms with Crippen molar-refractivity contribution >= 4 is 26.1 Å². The molecule has 0 heterocycles. The van der Waals surface area contributed by atoms with E-state index in [0.717, 1.165) is 28.3 Å². The van der Waals surface area contributed by atoms with Crippen LogP contribution in [0.1, 0.15) is 25.0 Å². The number of hydrogen-bond acceptors (Lipinski definition) is 2. The second kappa shape index (κ2) is 6.29. The summed E-state index contributed by atoms with van der Waals surface area (Å²) in [5.41, 5.74) is 9.23. The van der Waals surface area contributed by atoms with E-state index in [9.17, 15) is 5.11 Å². The fraction of sp³-hybridized carbons (Fsp3) is 0.600. The zero-order chi connectivity index (χ0) is 14.8. The largest absolute Gasteiger partial charge is 0.399 e. The van der Waals surface area contributed by atoms with Crippen molar-refractivity contribution < 1.29 is 5.11 Å². The Morgan fingerprint density at radius 3 is 2.42 bits per heavy atom. The minimum atomic E-state index is -0.555. The van der Waals surface area contributed by atoms with Gasteiger partial charge in [-0.1, -0.05) is 38.5 Å². The molecule has 4 heteroatoms. The molecule has 0 spiro atoms. The van der Waals surface area contributed by atoms with E-state index in [1.54, 1.807) is 0 Å². The summed E-state index contributed by atoms with van der Waals surface area (Å²) in [5.74, 6) is 0. The zero-order valence-corrected chi connectivity index (χ0v) is 14.3. The number of aliphatic hydroxyl groups is 1. The van der Waals surface area contributed by atoms with Crippen LogP contribution in [0, 0.1) is 12.3 Å². The SMILES string of the molecule is Cc1cc(Cl)c(CC(C)(C)C(CO)[Si](C)C)cc1N. The maximum Gasteiger partial charge on any atom is 0.0480 e. The predicted octanol–water partition coefficient (Wildman–Crippen LogP) is 3.92.